The number of amides is 2. The molecule has 0 aromatic heterocycles. The summed E-state index contributed by atoms with van der Waals surface area (Å²) in [6.45, 7) is 0.920. The molecule has 1 aliphatic rings. The molecule has 0 N–H and O–H groups in total. The lowest BCUT2D eigenvalue weighted by Crippen LogP contribution is -2.45. The number of carbonyl (C=O) groups excluding carboxylic acids is 2. The average molecular weight is 342 g/mol. The molecular formula is C15H19FN2O4S. The van der Waals surface area contributed by atoms with Gasteiger partial charge in [-0.1, -0.05) is 12.1 Å². The summed E-state index contributed by atoms with van der Waals surface area (Å²) in [6.07, 6.45) is 0.379. The molecular weight excluding hydrogens is 323 g/mol. The molecule has 23 heavy (non-hydrogen) atoms. The SMILES string of the molecule is CC(=O)N(CC(=O)N(C)C1CCS(=O)(=O)C1)c1ccccc1F. The third-order valence-electron chi connectivity index (χ3n) is 3.97. The predicted molar refractivity (Wildman–Crippen MR) is 84.3 cm³/mol. The van der Waals surface area contributed by atoms with Crippen LogP contribution in [0.15, 0.2) is 24.3 Å². The fraction of sp³-hybridized carbons (Fsp3) is 0.467. The van der Waals surface area contributed by atoms with E-state index in [1.165, 1.54) is 37.1 Å². The van der Waals surface area contributed by atoms with E-state index in [0.717, 1.165) is 4.90 Å². The molecule has 1 fully saturated rings. The van der Waals surface area contributed by atoms with E-state index >= 15 is 0 Å². The van der Waals surface area contributed by atoms with E-state index < -0.39 is 33.5 Å². The Labute approximate surface area is 134 Å². The van der Waals surface area contributed by atoms with Crippen LogP contribution in [0.25, 0.3) is 0 Å². The van der Waals surface area contributed by atoms with Crippen LogP contribution < -0.4 is 4.90 Å². The van der Waals surface area contributed by atoms with Crippen molar-refractivity contribution >= 4 is 27.3 Å². The number of rotatable bonds is 4. The maximum absolute atomic E-state index is 13.9. The van der Waals surface area contributed by atoms with E-state index in [4.69, 9.17) is 0 Å². The van der Waals surface area contributed by atoms with E-state index in [0.29, 0.717) is 6.42 Å². The molecule has 1 heterocycles. The largest absolute Gasteiger partial charge is 0.340 e. The summed E-state index contributed by atoms with van der Waals surface area (Å²) in [5.41, 5.74) is 0.0285. The zero-order chi connectivity index (χ0) is 17.2. The molecule has 2 amide bonds. The van der Waals surface area contributed by atoms with Gasteiger partial charge >= 0.3 is 0 Å². The second kappa shape index (κ2) is 6.66. The maximum Gasteiger partial charge on any atom is 0.242 e. The maximum atomic E-state index is 13.9. The molecule has 0 bridgehead atoms. The first kappa shape index (κ1) is 17.4. The highest BCUT2D eigenvalue weighted by Crippen LogP contribution is 2.20. The first-order valence-electron chi connectivity index (χ1n) is 7.20. The summed E-state index contributed by atoms with van der Waals surface area (Å²) >= 11 is 0. The zero-order valence-electron chi connectivity index (χ0n) is 13.0. The van der Waals surface area contributed by atoms with E-state index in [2.05, 4.69) is 0 Å². The van der Waals surface area contributed by atoms with E-state index in [1.807, 2.05) is 0 Å². The van der Waals surface area contributed by atoms with Crippen LogP contribution in [0.2, 0.25) is 0 Å². The lowest BCUT2D eigenvalue weighted by Gasteiger charge is -2.27. The Balaban J connectivity index is 2.13. The van der Waals surface area contributed by atoms with Gasteiger partial charge in [-0.2, -0.15) is 0 Å². The van der Waals surface area contributed by atoms with Crippen LogP contribution in [0.5, 0.6) is 0 Å². The van der Waals surface area contributed by atoms with Gasteiger partial charge in [0.1, 0.15) is 12.4 Å². The summed E-state index contributed by atoms with van der Waals surface area (Å²) in [5.74, 6) is -1.50. The van der Waals surface area contributed by atoms with Crippen LogP contribution in [-0.4, -0.2) is 56.3 Å². The molecule has 2 rings (SSSR count). The molecule has 126 valence electrons. The topological polar surface area (TPSA) is 74.8 Å². The van der Waals surface area contributed by atoms with Crippen molar-refractivity contribution in [1.82, 2.24) is 4.90 Å². The van der Waals surface area contributed by atoms with Gasteiger partial charge in [-0.3, -0.25) is 9.59 Å². The van der Waals surface area contributed by atoms with Gasteiger partial charge in [0.05, 0.1) is 17.2 Å². The van der Waals surface area contributed by atoms with E-state index in [-0.39, 0.29) is 23.7 Å². The van der Waals surface area contributed by atoms with Gasteiger partial charge in [-0.15, -0.1) is 0 Å². The van der Waals surface area contributed by atoms with Crippen molar-refractivity contribution in [3.8, 4) is 0 Å². The van der Waals surface area contributed by atoms with Crippen LogP contribution in [0, 0.1) is 5.82 Å². The first-order valence-corrected chi connectivity index (χ1v) is 9.02. The molecule has 0 spiro atoms. The molecule has 1 aliphatic heterocycles. The molecule has 0 saturated carbocycles. The Kier molecular flexibility index (Phi) is 5.03. The van der Waals surface area contributed by atoms with Crippen molar-refractivity contribution in [2.45, 2.75) is 19.4 Å². The van der Waals surface area contributed by atoms with Gasteiger partial charge in [0.2, 0.25) is 11.8 Å². The van der Waals surface area contributed by atoms with Gasteiger partial charge in [0.15, 0.2) is 9.84 Å². The third-order valence-corrected chi connectivity index (χ3v) is 5.72. The molecule has 1 aromatic carbocycles. The second-order valence-corrected chi connectivity index (χ2v) is 7.85. The highest BCUT2D eigenvalue weighted by Gasteiger charge is 2.33. The van der Waals surface area contributed by atoms with E-state index in [9.17, 15) is 22.4 Å². The average Bonchev–Trinajstić information content (AvgIpc) is 2.84. The molecule has 1 saturated heterocycles. The molecule has 8 heteroatoms. The Bertz CT molecular complexity index is 720. The number of nitrogens with zero attached hydrogens (tertiary/aromatic N) is 2. The highest BCUT2D eigenvalue weighted by atomic mass is 32.2. The zero-order valence-corrected chi connectivity index (χ0v) is 13.8. The normalized spacial score (nSPS) is 19.3. The number of benzene rings is 1. The molecule has 1 atom stereocenters. The summed E-state index contributed by atoms with van der Waals surface area (Å²) in [6, 6.07) is 5.30. The smallest absolute Gasteiger partial charge is 0.242 e. The quantitative estimate of drug-likeness (QED) is 0.812. The van der Waals surface area contributed by atoms with Crippen LogP contribution >= 0.6 is 0 Å². The van der Waals surface area contributed by atoms with Crippen molar-refractivity contribution in [2.24, 2.45) is 0 Å². The van der Waals surface area contributed by atoms with Gasteiger partial charge in [-0.05, 0) is 18.6 Å². The molecule has 0 radical (unpaired) electrons. The standard InChI is InChI=1S/C15H19FN2O4S/c1-11(19)18(14-6-4-3-5-13(14)16)9-15(20)17(2)12-7-8-23(21,22)10-12/h3-6,12H,7-10H2,1-2H3. The van der Waals surface area contributed by atoms with Gasteiger partial charge in [0.25, 0.3) is 0 Å². The summed E-state index contributed by atoms with van der Waals surface area (Å²) in [5, 5.41) is 0. The number of likely N-dealkylation sites (N-methyl/N-ethyl adjacent to an activating group) is 1. The van der Waals surface area contributed by atoms with Crippen molar-refractivity contribution in [3.63, 3.8) is 0 Å². The van der Waals surface area contributed by atoms with Gasteiger partial charge in [-0.25, -0.2) is 12.8 Å². The molecule has 1 aromatic rings. The minimum absolute atomic E-state index is 0.0285. The Morgan fingerprint density at radius 2 is 1.96 bits per heavy atom. The number of carbonyl (C=O) groups is 2. The number of hydrogen-bond acceptors (Lipinski definition) is 4. The first-order chi connectivity index (χ1) is 10.7. The fourth-order valence-electron chi connectivity index (χ4n) is 2.57. The van der Waals surface area contributed by atoms with Crippen molar-refractivity contribution < 1.29 is 22.4 Å². The van der Waals surface area contributed by atoms with Crippen LogP contribution in [-0.2, 0) is 19.4 Å². The third kappa shape index (κ3) is 4.07. The number of hydrogen-bond donors (Lipinski definition) is 0. The summed E-state index contributed by atoms with van der Waals surface area (Å²) in [7, 11) is -1.60. The predicted octanol–water partition coefficient (Wildman–Crippen LogP) is 0.824. The Hall–Kier alpha value is -1.96. The van der Waals surface area contributed by atoms with Crippen molar-refractivity contribution in [2.75, 3.05) is 30.0 Å². The Morgan fingerprint density at radius 3 is 2.48 bits per heavy atom. The number of halogens is 1. The van der Waals surface area contributed by atoms with Gasteiger partial charge < -0.3 is 9.80 Å². The van der Waals surface area contributed by atoms with Crippen molar-refractivity contribution in [3.05, 3.63) is 30.1 Å². The Morgan fingerprint density at radius 1 is 1.30 bits per heavy atom. The summed E-state index contributed by atoms with van der Waals surface area (Å²) in [4.78, 5) is 26.5. The molecule has 1 unspecified atom stereocenters. The minimum atomic E-state index is -3.11. The molecule has 6 nitrogen and oxygen atoms in total. The highest BCUT2D eigenvalue weighted by molar-refractivity contribution is 7.91. The second-order valence-electron chi connectivity index (χ2n) is 5.62. The lowest BCUT2D eigenvalue weighted by atomic mass is 10.2. The van der Waals surface area contributed by atoms with Crippen LogP contribution in [0.3, 0.4) is 0 Å². The fourth-order valence-corrected chi connectivity index (χ4v) is 4.34. The lowest BCUT2D eigenvalue weighted by molar-refractivity contribution is -0.131. The number of para-hydroxylation sites is 1. The minimum Gasteiger partial charge on any atom is -0.340 e. The number of anilines is 1. The van der Waals surface area contributed by atoms with E-state index in [1.54, 1.807) is 6.07 Å². The van der Waals surface area contributed by atoms with Crippen LogP contribution in [0.1, 0.15) is 13.3 Å². The number of sulfone groups is 1. The van der Waals surface area contributed by atoms with Gasteiger partial charge in [0, 0.05) is 20.0 Å². The molecule has 0 aliphatic carbocycles. The van der Waals surface area contributed by atoms with Crippen molar-refractivity contribution in [1.29, 1.82) is 0 Å². The van der Waals surface area contributed by atoms with Crippen LogP contribution in [0.4, 0.5) is 10.1 Å². The summed E-state index contributed by atoms with van der Waals surface area (Å²) < 4.78 is 36.9. The monoisotopic (exact) mass is 342 g/mol.